The van der Waals surface area contributed by atoms with Gasteiger partial charge in [0.05, 0.1) is 0 Å². The molecule has 0 radical (unpaired) electrons. The molecule has 0 bridgehead atoms. The zero-order chi connectivity index (χ0) is 24.8. The maximum atomic E-state index is 12.1. The molecular weight excluding hydrogens is 432 g/mol. The Morgan fingerprint density at radius 3 is 2.18 bits per heavy atom. The van der Waals surface area contributed by atoms with Crippen LogP contribution in [0.1, 0.15) is 98.8 Å². The summed E-state index contributed by atoms with van der Waals surface area (Å²) in [5.41, 5.74) is 0.325. The molecule has 192 valence electrons. The van der Waals surface area contributed by atoms with Crippen LogP contribution in [0, 0.1) is 46.3 Å². The normalized spacial score (nSPS) is 44.2. The lowest BCUT2D eigenvalue weighted by Gasteiger charge is -2.62. The van der Waals surface area contributed by atoms with Crippen LogP contribution in [-0.4, -0.2) is 35.2 Å². The minimum Gasteiger partial charge on any atom is -0.481 e. The van der Waals surface area contributed by atoms with E-state index in [1.807, 2.05) is 0 Å². The van der Waals surface area contributed by atoms with Crippen molar-refractivity contribution in [3.63, 3.8) is 0 Å². The van der Waals surface area contributed by atoms with Gasteiger partial charge >= 0.3 is 17.9 Å². The highest BCUT2D eigenvalue weighted by Gasteiger charge is 2.63. The van der Waals surface area contributed by atoms with Crippen LogP contribution < -0.4 is 0 Å². The molecule has 0 heterocycles. The lowest BCUT2D eigenvalue weighted by atomic mass is 9.43. The topological polar surface area (TPSA) is 89.9 Å². The minimum absolute atomic E-state index is 0.0787. The summed E-state index contributed by atoms with van der Waals surface area (Å²) < 4.78 is 11.6. The van der Waals surface area contributed by atoms with Crippen LogP contribution in [0.2, 0.25) is 0 Å². The van der Waals surface area contributed by atoms with Crippen LogP contribution in [0.4, 0.5) is 0 Å². The molecule has 4 fully saturated rings. The zero-order valence-electron chi connectivity index (χ0n) is 21.7. The quantitative estimate of drug-likeness (QED) is 0.501. The summed E-state index contributed by atoms with van der Waals surface area (Å²) in [7, 11) is 0. The number of esters is 2. The van der Waals surface area contributed by atoms with Crippen molar-refractivity contribution in [2.45, 2.75) is 111 Å². The van der Waals surface area contributed by atoms with Gasteiger partial charge in [-0.3, -0.25) is 14.4 Å². The Labute approximate surface area is 204 Å². The summed E-state index contributed by atoms with van der Waals surface area (Å²) in [6.45, 7) is 10.1. The number of carboxylic acids is 1. The molecule has 4 aliphatic rings. The Morgan fingerprint density at radius 1 is 0.882 bits per heavy atom. The number of carboxylic acid groups (broad SMARTS) is 1. The summed E-state index contributed by atoms with van der Waals surface area (Å²) in [4.78, 5) is 34.9. The Kier molecular flexibility index (Phi) is 7.10. The minimum atomic E-state index is -0.699. The van der Waals surface area contributed by atoms with Crippen molar-refractivity contribution in [1.82, 2.24) is 0 Å². The Hall–Kier alpha value is -1.59. The molecule has 4 saturated carbocycles. The first-order valence-corrected chi connectivity index (χ1v) is 13.5. The fourth-order valence-electron chi connectivity index (χ4n) is 9.44. The molecule has 1 N–H and O–H groups in total. The molecule has 10 atom stereocenters. The van der Waals surface area contributed by atoms with Crippen molar-refractivity contribution in [3.05, 3.63) is 0 Å². The number of fused-ring (bicyclic) bond motifs is 5. The first-order valence-electron chi connectivity index (χ1n) is 13.5. The number of ether oxygens (including phenoxy) is 2. The van der Waals surface area contributed by atoms with E-state index in [2.05, 4.69) is 20.8 Å². The highest BCUT2D eigenvalue weighted by molar-refractivity contribution is 5.67. The lowest BCUT2D eigenvalue weighted by Crippen LogP contribution is -2.59. The summed E-state index contributed by atoms with van der Waals surface area (Å²) in [5.74, 6) is 1.81. The SMILES string of the molecule is CC(=O)O[C@@H]1CC[C@@]2(C)C(C1)[C@@H](OC(C)=O)C[C@H]1[C@@H]3CC[C@H]([C@H](C)CCC(=O)O)[C@@]3(C)CC[C@@H]12. The molecule has 0 aromatic heterocycles. The van der Waals surface area contributed by atoms with Gasteiger partial charge in [-0.05, 0) is 98.2 Å². The van der Waals surface area contributed by atoms with Gasteiger partial charge < -0.3 is 14.6 Å². The number of aliphatic carboxylic acids is 1. The molecule has 0 saturated heterocycles. The predicted molar refractivity (Wildman–Crippen MR) is 128 cm³/mol. The second kappa shape index (κ2) is 9.46. The van der Waals surface area contributed by atoms with Gasteiger partial charge in [0, 0.05) is 26.2 Å². The van der Waals surface area contributed by atoms with Crippen molar-refractivity contribution in [1.29, 1.82) is 0 Å². The fourth-order valence-corrected chi connectivity index (χ4v) is 9.44. The number of rotatable bonds is 6. The molecular formula is C28H44O6. The van der Waals surface area contributed by atoms with Crippen molar-refractivity contribution in [3.8, 4) is 0 Å². The maximum Gasteiger partial charge on any atom is 0.303 e. The van der Waals surface area contributed by atoms with E-state index < -0.39 is 5.97 Å². The molecule has 1 unspecified atom stereocenters. The monoisotopic (exact) mass is 476 g/mol. The molecule has 4 aliphatic carbocycles. The molecule has 4 rings (SSSR count). The van der Waals surface area contributed by atoms with Gasteiger partial charge in [0.25, 0.3) is 0 Å². The van der Waals surface area contributed by atoms with Crippen LogP contribution in [0.15, 0.2) is 0 Å². The van der Waals surface area contributed by atoms with E-state index in [9.17, 15) is 19.5 Å². The van der Waals surface area contributed by atoms with Gasteiger partial charge in [-0.15, -0.1) is 0 Å². The second-order valence-electron chi connectivity index (χ2n) is 12.5. The van der Waals surface area contributed by atoms with Crippen molar-refractivity contribution in [2.24, 2.45) is 46.3 Å². The first-order chi connectivity index (χ1) is 16.0. The standard InChI is InChI=1S/C28H44O6/c1-16(6-9-26(31)32)21-7-8-22-20-15-25(34-18(3)30)24-14-19(33-17(2)29)10-12-28(24,5)23(20)11-13-27(21,22)4/h16,19-25H,6-15H2,1-5H3,(H,31,32)/t16-,19-,20+,21-,22+,23+,24?,25+,27-,28-/m1/s1. The van der Waals surface area contributed by atoms with E-state index in [0.717, 1.165) is 32.1 Å². The summed E-state index contributed by atoms with van der Waals surface area (Å²) >= 11 is 0. The molecule has 0 aromatic carbocycles. The van der Waals surface area contributed by atoms with Crippen LogP contribution in [-0.2, 0) is 23.9 Å². The highest BCUT2D eigenvalue weighted by atomic mass is 16.5. The average molecular weight is 477 g/mol. The fraction of sp³-hybridized carbons (Fsp3) is 0.893. The first kappa shape index (κ1) is 25.5. The van der Waals surface area contributed by atoms with Gasteiger partial charge in [0.1, 0.15) is 12.2 Å². The Morgan fingerprint density at radius 2 is 1.53 bits per heavy atom. The van der Waals surface area contributed by atoms with Gasteiger partial charge in [0.15, 0.2) is 0 Å². The lowest BCUT2D eigenvalue weighted by molar-refractivity contribution is -0.197. The number of carbonyl (C=O) groups is 3. The number of hydrogen-bond acceptors (Lipinski definition) is 5. The molecule has 6 heteroatoms. The van der Waals surface area contributed by atoms with Crippen LogP contribution in [0.5, 0.6) is 0 Å². The summed E-state index contributed by atoms with van der Waals surface area (Å²) in [6, 6.07) is 0. The van der Waals surface area contributed by atoms with Gasteiger partial charge in [-0.25, -0.2) is 0 Å². The van der Waals surface area contributed by atoms with Crippen LogP contribution in [0.3, 0.4) is 0 Å². The third-order valence-electron chi connectivity index (χ3n) is 10.8. The molecule has 0 aliphatic heterocycles. The molecule has 6 nitrogen and oxygen atoms in total. The van der Waals surface area contributed by atoms with Gasteiger partial charge in [-0.1, -0.05) is 20.8 Å². The molecule has 0 aromatic rings. The molecule has 34 heavy (non-hydrogen) atoms. The maximum absolute atomic E-state index is 12.1. The number of hydrogen-bond donors (Lipinski definition) is 1. The highest BCUT2D eigenvalue weighted by Crippen LogP contribution is 2.68. The largest absolute Gasteiger partial charge is 0.481 e. The van der Waals surface area contributed by atoms with E-state index >= 15 is 0 Å². The van der Waals surface area contributed by atoms with E-state index in [-0.39, 0.29) is 47.3 Å². The zero-order valence-corrected chi connectivity index (χ0v) is 21.7. The second-order valence-corrected chi connectivity index (χ2v) is 12.5. The van der Waals surface area contributed by atoms with E-state index in [1.54, 1.807) is 0 Å². The van der Waals surface area contributed by atoms with Gasteiger partial charge in [-0.2, -0.15) is 0 Å². The van der Waals surface area contributed by atoms with E-state index in [4.69, 9.17) is 9.47 Å². The average Bonchev–Trinajstić information content (AvgIpc) is 3.09. The summed E-state index contributed by atoms with van der Waals surface area (Å²) in [6.07, 6.45) is 9.18. The third-order valence-corrected chi connectivity index (χ3v) is 10.8. The van der Waals surface area contributed by atoms with Gasteiger partial charge in [0.2, 0.25) is 0 Å². The number of carbonyl (C=O) groups excluding carboxylic acids is 2. The van der Waals surface area contributed by atoms with Crippen molar-refractivity contribution in [2.75, 3.05) is 0 Å². The van der Waals surface area contributed by atoms with E-state index in [0.29, 0.717) is 29.6 Å². The van der Waals surface area contributed by atoms with Crippen molar-refractivity contribution >= 4 is 17.9 Å². The van der Waals surface area contributed by atoms with Crippen molar-refractivity contribution < 1.29 is 29.0 Å². The molecule has 0 spiro atoms. The Bertz CT molecular complexity index is 809. The summed E-state index contributed by atoms with van der Waals surface area (Å²) in [5, 5.41) is 9.19. The van der Waals surface area contributed by atoms with E-state index in [1.165, 1.54) is 39.5 Å². The Balaban J connectivity index is 1.58. The third kappa shape index (κ3) is 4.51. The molecule has 0 amide bonds. The smallest absolute Gasteiger partial charge is 0.303 e. The van der Waals surface area contributed by atoms with Crippen LogP contribution in [0.25, 0.3) is 0 Å². The predicted octanol–water partition coefficient (Wildman–Crippen LogP) is 5.62. The van der Waals surface area contributed by atoms with Crippen LogP contribution >= 0.6 is 0 Å².